The first-order valence-corrected chi connectivity index (χ1v) is 13.0. The second kappa shape index (κ2) is 8.59. The van der Waals surface area contributed by atoms with Crippen molar-refractivity contribution < 1.29 is 4.79 Å². The Morgan fingerprint density at radius 2 is 1.89 bits per heavy atom. The van der Waals surface area contributed by atoms with Gasteiger partial charge in [-0.25, -0.2) is 9.97 Å². The third kappa shape index (κ3) is 3.86. The van der Waals surface area contributed by atoms with Crippen LogP contribution in [0, 0.1) is 12.8 Å². The summed E-state index contributed by atoms with van der Waals surface area (Å²) in [6.07, 6.45) is 10.1. The molecule has 182 valence electrons. The summed E-state index contributed by atoms with van der Waals surface area (Å²) in [6, 6.07) is 9.96. The van der Waals surface area contributed by atoms with Crippen LogP contribution in [0.25, 0.3) is 55.3 Å². The number of hydrogen-bond acceptors (Lipinski definition) is 7. The number of pyridine rings is 3. The summed E-state index contributed by atoms with van der Waals surface area (Å²) >= 11 is 1.72. The van der Waals surface area contributed by atoms with Gasteiger partial charge in [-0.2, -0.15) is 5.10 Å². The molecule has 1 aliphatic rings. The average Bonchev–Trinajstić information content (AvgIpc) is 3.60. The topological polar surface area (TPSA) is 125 Å². The van der Waals surface area contributed by atoms with Gasteiger partial charge in [0.25, 0.3) is 0 Å². The number of carbonyl (C=O) groups is 1. The van der Waals surface area contributed by atoms with Crippen LogP contribution in [-0.4, -0.2) is 41.0 Å². The summed E-state index contributed by atoms with van der Waals surface area (Å²) in [5.74, 6) is 0.783. The highest BCUT2D eigenvalue weighted by Crippen LogP contribution is 2.34. The van der Waals surface area contributed by atoms with Crippen molar-refractivity contribution in [2.45, 2.75) is 26.2 Å². The zero-order chi connectivity index (χ0) is 24.9. The van der Waals surface area contributed by atoms with Crippen molar-refractivity contribution >= 4 is 45.0 Å². The number of aromatic amines is 2. The molecule has 0 unspecified atom stereocenters. The Labute approximate surface area is 215 Å². The van der Waals surface area contributed by atoms with Gasteiger partial charge in [0.1, 0.15) is 11.0 Å². The molecule has 0 radical (unpaired) electrons. The van der Waals surface area contributed by atoms with Gasteiger partial charge in [-0.05, 0) is 50.1 Å². The lowest BCUT2D eigenvalue weighted by Gasteiger charge is -2.24. The maximum atomic E-state index is 12.4. The van der Waals surface area contributed by atoms with Crippen LogP contribution in [0.15, 0.2) is 55.1 Å². The van der Waals surface area contributed by atoms with E-state index in [1.165, 1.54) is 4.88 Å². The van der Waals surface area contributed by atoms with E-state index in [-0.39, 0.29) is 11.8 Å². The number of aryl methyl sites for hydroxylation is 1. The normalized spacial score (nSPS) is 13.8. The van der Waals surface area contributed by atoms with Gasteiger partial charge in [0.05, 0.1) is 34.8 Å². The lowest BCUT2D eigenvalue weighted by Crippen LogP contribution is -2.28. The van der Waals surface area contributed by atoms with Crippen LogP contribution < -0.4 is 5.32 Å². The Bertz CT molecular complexity index is 1790. The first kappa shape index (κ1) is 21.8. The molecule has 1 saturated carbocycles. The van der Waals surface area contributed by atoms with Gasteiger partial charge in [-0.1, -0.05) is 6.42 Å². The molecule has 0 aromatic carbocycles. The van der Waals surface area contributed by atoms with Gasteiger partial charge >= 0.3 is 0 Å². The summed E-state index contributed by atoms with van der Waals surface area (Å²) in [5.41, 5.74) is 7.01. The third-order valence-electron chi connectivity index (χ3n) is 6.81. The molecule has 0 spiro atoms. The van der Waals surface area contributed by atoms with Gasteiger partial charge < -0.3 is 10.3 Å². The zero-order valence-electron chi connectivity index (χ0n) is 19.9. The van der Waals surface area contributed by atoms with Crippen molar-refractivity contribution in [3.05, 3.63) is 60.0 Å². The number of rotatable bonds is 5. The molecule has 9 nitrogen and oxygen atoms in total. The summed E-state index contributed by atoms with van der Waals surface area (Å²) in [4.78, 5) is 36.7. The highest BCUT2D eigenvalue weighted by Gasteiger charge is 2.25. The van der Waals surface area contributed by atoms with Crippen molar-refractivity contribution in [1.29, 1.82) is 0 Å². The highest BCUT2D eigenvalue weighted by atomic mass is 32.1. The van der Waals surface area contributed by atoms with Crippen molar-refractivity contribution in [3.8, 4) is 33.2 Å². The maximum Gasteiger partial charge on any atom is 0.227 e. The molecule has 1 amide bonds. The lowest BCUT2D eigenvalue weighted by atomic mass is 9.85. The first-order valence-electron chi connectivity index (χ1n) is 12.1. The van der Waals surface area contributed by atoms with Crippen molar-refractivity contribution in [2.24, 2.45) is 5.92 Å². The average molecular weight is 507 g/mol. The van der Waals surface area contributed by atoms with E-state index in [2.05, 4.69) is 49.5 Å². The number of H-pyrrole nitrogens is 2. The van der Waals surface area contributed by atoms with E-state index in [1.54, 1.807) is 29.9 Å². The van der Waals surface area contributed by atoms with E-state index in [4.69, 9.17) is 9.97 Å². The van der Waals surface area contributed by atoms with Gasteiger partial charge in [0.2, 0.25) is 5.91 Å². The number of anilines is 1. The molecule has 0 aliphatic heterocycles. The fraction of sp³-hybridized carbons (Fsp3) is 0.185. The standard InChI is InChI=1S/C27H22N8OS/c1-14-5-8-22(37-14)18-12-29-13-21-23(18)33-26(32-21)25-24-20(34-35-25)7-6-19(31-24)16-9-17(11-28-10-16)30-27(36)15-3-2-4-15/h5-13,15H,2-4H2,1H3,(H,30,36)(H,32,33)(H,34,35). The Morgan fingerprint density at radius 3 is 2.70 bits per heavy atom. The van der Waals surface area contributed by atoms with E-state index in [0.717, 1.165) is 57.5 Å². The van der Waals surface area contributed by atoms with Crippen molar-refractivity contribution in [2.75, 3.05) is 5.32 Å². The van der Waals surface area contributed by atoms with E-state index < -0.39 is 0 Å². The number of carbonyl (C=O) groups excluding carboxylic acids is 1. The fourth-order valence-electron chi connectivity index (χ4n) is 4.59. The van der Waals surface area contributed by atoms with E-state index >= 15 is 0 Å². The number of nitrogens with zero attached hydrogens (tertiary/aromatic N) is 5. The Hall–Kier alpha value is -4.44. The van der Waals surface area contributed by atoms with Crippen LogP contribution in [0.1, 0.15) is 24.1 Å². The summed E-state index contributed by atoms with van der Waals surface area (Å²) in [7, 11) is 0. The first-order chi connectivity index (χ1) is 18.1. The molecule has 6 aromatic heterocycles. The van der Waals surface area contributed by atoms with Crippen LogP contribution in [0.4, 0.5) is 5.69 Å². The maximum absolute atomic E-state index is 12.4. The fourth-order valence-corrected chi connectivity index (χ4v) is 5.47. The van der Waals surface area contributed by atoms with E-state index in [0.29, 0.717) is 22.7 Å². The van der Waals surface area contributed by atoms with E-state index in [1.807, 2.05) is 24.4 Å². The smallest absolute Gasteiger partial charge is 0.227 e. The number of thiophene rings is 1. The number of hydrogen-bond donors (Lipinski definition) is 3. The second-order valence-electron chi connectivity index (χ2n) is 9.32. The number of aromatic nitrogens is 7. The molecule has 1 aliphatic carbocycles. The van der Waals surface area contributed by atoms with Gasteiger partial charge in [0, 0.05) is 39.2 Å². The Balaban J connectivity index is 1.26. The minimum Gasteiger partial charge on any atom is -0.335 e. The van der Waals surface area contributed by atoms with Crippen LogP contribution in [0.2, 0.25) is 0 Å². The zero-order valence-corrected chi connectivity index (χ0v) is 20.8. The van der Waals surface area contributed by atoms with Crippen LogP contribution in [0.5, 0.6) is 0 Å². The number of imidazole rings is 1. The Kier molecular flexibility index (Phi) is 5.07. The molecule has 6 heterocycles. The molecule has 10 heteroatoms. The van der Waals surface area contributed by atoms with Gasteiger partial charge in [-0.3, -0.25) is 19.9 Å². The van der Waals surface area contributed by atoms with Gasteiger partial charge in [0.15, 0.2) is 11.5 Å². The number of fused-ring (bicyclic) bond motifs is 2. The van der Waals surface area contributed by atoms with Crippen LogP contribution in [0.3, 0.4) is 0 Å². The molecule has 3 N–H and O–H groups in total. The van der Waals surface area contributed by atoms with Crippen LogP contribution >= 0.6 is 11.3 Å². The molecule has 1 fully saturated rings. The third-order valence-corrected chi connectivity index (χ3v) is 7.84. The van der Waals surface area contributed by atoms with Crippen molar-refractivity contribution in [1.82, 2.24) is 35.1 Å². The predicted molar refractivity (Wildman–Crippen MR) is 144 cm³/mol. The molecule has 0 saturated heterocycles. The monoisotopic (exact) mass is 506 g/mol. The summed E-state index contributed by atoms with van der Waals surface area (Å²) < 4.78 is 0. The molecule has 6 aromatic rings. The lowest BCUT2D eigenvalue weighted by molar-refractivity contribution is -0.122. The largest absolute Gasteiger partial charge is 0.335 e. The number of amides is 1. The van der Waals surface area contributed by atoms with Gasteiger partial charge in [-0.15, -0.1) is 11.3 Å². The quantitative estimate of drug-likeness (QED) is 0.274. The Morgan fingerprint density at radius 1 is 1.00 bits per heavy atom. The molecular formula is C27H22N8OS. The van der Waals surface area contributed by atoms with E-state index in [9.17, 15) is 4.79 Å². The van der Waals surface area contributed by atoms with Crippen molar-refractivity contribution in [3.63, 3.8) is 0 Å². The predicted octanol–water partition coefficient (Wildman–Crippen LogP) is 5.73. The van der Waals surface area contributed by atoms with Crippen LogP contribution in [-0.2, 0) is 4.79 Å². The summed E-state index contributed by atoms with van der Waals surface area (Å²) in [5, 5.41) is 10.6. The molecule has 7 rings (SSSR count). The minimum absolute atomic E-state index is 0.0576. The second-order valence-corrected chi connectivity index (χ2v) is 10.6. The SMILES string of the molecule is Cc1ccc(-c2cncc3[nH]c(-c4n[nH]c5ccc(-c6cncc(NC(=O)C7CCC7)c6)nc45)nc23)s1. The molecular weight excluding hydrogens is 484 g/mol. The minimum atomic E-state index is 0.0576. The summed E-state index contributed by atoms with van der Waals surface area (Å²) in [6.45, 7) is 2.09. The number of nitrogens with one attached hydrogen (secondary N) is 3. The highest BCUT2D eigenvalue weighted by molar-refractivity contribution is 7.15. The molecule has 0 atom stereocenters. The molecule has 0 bridgehead atoms. The molecule has 37 heavy (non-hydrogen) atoms.